The van der Waals surface area contributed by atoms with E-state index in [0.717, 1.165) is 10.2 Å². The standard InChI is InChI=1S/C15H10N2O3S/c18-8-5-6-9-11(7-8)20-15(19)13(16-9)14-17-10-3-1-2-4-12(10)21-14/h1-7,9,11,18H. The average molecular weight is 298 g/mol. The van der Waals surface area contributed by atoms with E-state index in [0.29, 0.717) is 5.01 Å². The highest BCUT2D eigenvalue weighted by Crippen LogP contribution is 2.26. The lowest BCUT2D eigenvalue weighted by Crippen LogP contribution is -2.38. The van der Waals surface area contributed by atoms with Gasteiger partial charge in [-0.25, -0.2) is 9.78 Å². The zero-order valence-electron chi connectivity index (χ0n) is 10.8. The molecule has 0 bridgehead atoms. The van der Waals surface area contributed by atoms with Gasteiger partial charge in [-0.05, 0) is 18.2 Å². The van der Waals surface area contributed by atoms with E-state index in [9.17, 15) is 9.90 Å². The van der Waals surface area contributed by atoms with Crippen LogP contribution in [0.3, 0.4) is 0 Å². The van der Waals surface area contributed by atoms with Crippen LogP contribution < -0.4 is 0 Å². The highest BCUT2D eigenvalue weighted by atomic mass is 32.1. The molecule has 1 aromatic heterocycles. The van der Waals surface area contributed by atoms with E-state index in [-0.39, 0.29) is 17.5 Å². The molecule has 0 fully saturated rings. The van der Waals surface area contributed by atoms with E-state index in [1.807, 2.05) is 24.3 Å². The second-order valence-electron chi connectivity index (χ2n) is 4.78. The van der Waals surface area contributed by atoms with Crippen LogP contribution in [0.4, 0.5) is 0 Å². The van der Waals surface area contributed by atoms with E-state index in [1.54, 1.807) is 12.2 Å². The van der Waals surface area contributed by atoms with Crippen LogP contribution in [0.15, 0.2) is 53.2 Å². The van der Waals surface area contributed by atoms with Crippen LogP contribution >= 0.6 is 11.3 Å². The lowest BCUT2D eigenvalue weighted by Gasteiger charge is -2.26. The van der Waals surface area contributed by atoms with Crippen molar-refractivity contribution in [3.63, 3.8) is 0 Å². The van der Waals surface area contributed by atoms with Crippen molar-refractivity contribution in [2.24, 2.45) is 4.99 Å². The molecule has 1 aliphatic heterocycles. The van der Waals surface area contributed by atoms with E-state index in [2.05, 4.69) is 9.98 Å². The molecule has 5 nitrogen and oxygen atoms in total. The van der Waals surface area contributed by atoms with Gasteiger partial charge in [-0.2, -0.15) is 0 Å². The highest BCUT2D eigenvalue weighted by Gasteiger charge is 2.34. The quantitative estimate of drug-likeness (QED) is 0.821. The molecule has 21 heavy (non-hydrogen) atoms. The third-order valence-corrected chi connectivity index (χ3v) is 4.39. The fourth-order valence-electron chi connectivity index (χ4n) is 2.35. The number of aliphatic imine (C=N–C) groups is 1. The lowest BCUT2D eigenvalue weighted by atomic mass is 10.0. The summed E-state index contributed by atoms with van der Waals surface area (Å²) in [4.78, 5) is 21.0. The van der Waals surface area contributed by atoms with E-state index in [4.69, 9.17) is 4.74 Å². The molecule has 104 valence electrons. The molecule has 2 aromatic rings. The average Bonchev–Trinajstić information content (AvgIpc) is 2.90. The van der Waals surface area contributed by atoms with Gasteiger partial charge in [-0.15, -0.1) is 11.3 Å². The molecule has 1 aliphatic carbocycles. The topological polar surface area (TPSA) is 71.8 Å². The number of fused-ring (bicyclic) bond motifs is 2. The Hall–Kier alpha value is -2.47. The molecule has 0 saturated carbocycles. The Balaban J connectivity index is 1.78. The van der Waals surface area contributed by atoms with Crippen molar-refractivity contribution in [1.82, 2.24) is 4.98 Å². The summed E-state index contributed by atoms with van der Waals surface area (Å²) in [5, 5.41) is 10.00. The van der Waals surface area contributed by atoms with E-state index >= 15 is 0 Å². The molecule has 0 amide bonds. The van der Waals surface area contributed by atoms with Crippen molar-refractivity contribution in [1.29, 1.82) is 0 Å². The summed E-state index contributed by atoms with van der Waals surface area (Å²) in [6, 6.07) is 7.38. The number of aromatic nitrogens is 1. The normalized spacial score (nSPS) is 24.3. The first-order chi connectivity index (χ1) is 10.2. The lowest BCUT2D eigenvalue weighted by molar-refractivity contribution is -0.140. The van der Waals surface area contributed by atoms with Crippen LogP contribution in [-0.4, -0.2) is 33.9 Å². The molecule has 2 heterocycles. The van der Waals surface area contributed by atoms with Crippen LogP contribution in [0.25, 0.3) is 10.2 Å². The zero-order valence-corrected chi connectivity index (χ0v) is 11.6. The number of allylic oxidation sites excluding steroid dienone is 1. The second-order valence-corrected chi connectivity index (χ2v) is 5.81. The molecule has 2 unspecified atom stereocenters. The Bertz CT molecular complexity index is 801. The molecular weight excluding hydrogens is 288 g/mol. The molecule has 4 rings (SSSR count). The highest BCUT2D eigenvalue weighted by molar-refractivity contribution is 7.21. The van der Waals surface area contributed by atoms with Crippen LogP contribution in [0, 0.1) is 0 Å². The number of nitrogens with zero attached hydrogens (tertiary/aromatic N) is 2. The number of carbonyl (C=O) groups excluding carboxylic acids is 1. The number of ether oxygens (including phenoxy) is 1. The molecule has 6 heteroatoms. The van der Waals surface area contributed by atoms with Crippen LogP contribution in [0.1, 0.15) is 5.01 Å². The van der Waals surface area contributed by atoms with E-state index in [1.165, 1.54) is 17.4 Å². The molecule has 2 aliphatic rings. The number of aliphatic hydroxyl groups excluding tert-OH is 1. The van der Waals surface area contributed by atoms with Gasteiger partial charge in [0.05, 0.1) is 10.2 Å². The minimum Gasteiger partial charge on any atom is -0.508 e. The van der Waals surface area contributed by atoms with Crippen LogP contribution in [0.5, 0.6) is 0 Å². The van der Waals surface area contributed by atoms with Crippen LogP contribution in [0.2, 0.25) is 0 Å². The van der Waals surface area contributed by atoms with Crippen molar-refractivity contribution in [3.8, 4) is 0 Å². The maximum atomic E-state index is 12.1. The second kappa shape index (κ2) is 4.53. The molecule has 0 radical (unpaired) electrons. The van der Waals surface area contributed by atoms with Gasteiger partial charge in [0, 0.05) is 6.08 Å². The number of hydrogen-bond donors (Lipinski definition) is 1. The number of benzene rings is 1. The van der Waals surface area contributed by atoms with Gasteiger partial charge in [-0.3, -0.25) is 4.99 Å². The first-order valence-electron chi connectivity index (χ1n) is 6.44. The summed E-state index contributed by atoms with van der Waals surface area (Å²) >= 11 is 1.42. The van der Waals surface area contributed by atoms with Crippen LogP contribution in [-0.2, 0) is 9.53 Å². The van der Waals surface area contributed by atoms with Crippen molar-refractivity contribution in [2.45, 2.75) is 12.1 Å². The van der Waals surface area contributed by atoms with Crippen molar-refractivity contribution in [3.05, 3.63) is 53.3 Å². The monoisotopic (exact) mass is 298 g/mol. The number of aliphatic hydroxyl groups is 1. The van der Waals surface area contributed by atoms with Gasteiger partial charge in [0.1, 0.15) is 16.8 Å². The number of carbonyl (C=O) groups is 1. The molecule has 0 spiro atoms. The maximum Gasteiger partial charge on any atom is 0.360 e. The molecular formula is C15H10N2O3S. The summed E-state index contributed by atoms with van der Waals surface area (Å²) in [6.45, 7) is 0. The Kier molecular flexibility index (Phi) is 2.65. The SMILES string of the molecule is O=C1OC2C=C(O)C=CC2N=C1c1nc2ccccc2s1. The van der Waals surface area contributed by atoms with Crippen molar-refractivity contribution >= 4 is 33.2 Å². The number of hydrogen-bond acceptors (Lipinski definition) is 6. The minimum absolute atomic E-state index is 0.0858. The first-order valence-corrected chi connectivity index (χ1v) is 7.26. The van der Waals surface area contributed by atoms with Crippen molar-refractivity contribution < 1.29 is 14.6 Å². The Morgan fingerprint density at radius 3 is 3.00 bits per heavy atom. The van der Waals surface area contributed by atoms with Gasteiger partial charge in [-0.1, -0.05) is 18.2 Å². The molecule has 1 N–H and O–H groups in total. The third kappa shape index (κ3) is 2.04. The number of esters is 1. The Labute approximate surface area is 123 Å². The summed E-state index contributed by atoms with van der Waals surface area (Å²) in [5.74, 6) is -0.419. The third-order valence-electron chi connectivity index (χ3n) is 3.35. The maximum absolute atomic E-state index is 12.1. The number of para-hydroxylation sites is 1. The molecule has 0 saturated heterocycles. The molecule has 2 atom stereocenters. The van der Waals surface area contributed by atoms with Crippen molar-refractivity contribution in [2.75, 3.05) is 0 Å². The number of rotatable bonds is 1. The number of thiazole rings is 1. The van der Waals surface area contributed by atoms with Gasteiger partial charge in [0.15, 0.2) is 11.8 Å². The minimum atomic E-state index is -0.541. The smallest absolute Gasteiger partial charge is 0.360 e. The predicted molar refractivity (Wildman–Crippen MR) is 79.7 cm³/mol. The summed E-state index contributed by atoms with van der Waals surface area (Å²) in [5.41, 5.74) is 1.09. The Morgan fingerprint density at radius 1 is 1.29 bits per heavy atom. The summed E-state index contributed by atoms with van der Waals surface area (Å²) in [6.07, 6.45) is 4.22. The van der Waals surface area contributed by atoms with Gasteiger partial charge < -0.3 is 9.84 Å². The fourth-order valence-corrected chi connectivity index (χ4v) is 3.30. The summed E-state index contributed by atoms with van der Waals surface area (Å²) in [7, 11) is 0. The first kappa shape index (κ1) is 12.3. The molecule has 1 aromatic carbocycles. The fraction of sp³-hybridized carbons (Fsp3) is 0.133. The predicted octanol–water partition coefficient (Wildman–Crippen LogP) is 2.39. The largest absolute Gasteiger partial charge is 0.508 e. The van der Waals surface area contributed by atoms with Gasteiger partial charge in [0.25, 0.3) is 0 Å². The summed E-state index contributed by atoms with van der Waals surface area (Å²) < 4.78 is 6.33. The van der Waals surface area contributed by atoms with Gasteiger partial charge in [0.2, 0.25) is 0 Å². The van der Waals surface area contributed by atoms with E-state index < -0.39 is 12.1 Å². The van der Waals surface area contributed by atoms with Gasteiger partial charge >= 0.3 is 5.97 Å². The zero-order chi connectivity index (χ0) is 14.4. The Morgan fingerprint density at radius 2 is 2.14 bits per heavy atom.